The molecule has 38 heavy (non-hydrogen) atoms. The monoisotopic (exact) mass is 564 g/mol. The van der Waals surface area contributed by atoms with Crippen molar-refractivity contribution in [1.82, 2.24) is 14.9 Å². The minimum absolute atomic E-state index is 0.0264. The van der Waals surface area contributed by atoms with Crippen molar-refractivity contribution in [3.05, 3.63) is 59.4 Å². The van der Waals surface area contributed by atoms with Gasteiger partial charge in [0.25, 0.3) is 5.91 Å². The van der Waals surface area contributed by atoms with Gasteiger partial charge in [0.05, 0.1) is 27.6 Å². The minimum atomic E-state index is -3.90. The largest absolute Gasteiger partial charge is 0.444 e. The Morgan fingerprint density at radius 3 is 2.42 bits per heavy atom. The number of piperidine rings is 1. The van der Waals surface area contributed by atoms with E-state index in [-0.39, 0.29) is 52.8 Å². The summed E-state index contributed by atoms with van der Waals surface area (Å²) in [7, 11) is -3.90. The quantitative estimate of drug-likeness (QED) is 0.468. The number of ether oxygens (including phenoxy) is 1. The van der Waals surface area contributed by atoms with Crippen molar-refractivity contribution >= 4 is 38.9 Å². The molecule has 0 radical (unpaired) electrons. The summed E-state index contributed by atoms with van der Waals surface area (Å²) in [4.78, 5) is 34.5. The van der Waals surface area contributed by atoms with Crippen LogP contribution < -0.4 is 5.32 Å². The number of likely N-dealkylation sites (tertiary alicyclic amines) is 1. The third-order valence-electron chi connectivity index (χ3n) is 5.78. The Labute approximate surface area is 222 Å². The smallest absolute Gasteiger partial charge is 0.410 e. The van der Waals surface area contributed by atoms with Gasteiger partial charge >= 0.3 is 6.09 Å². The molecule has 1 N–H and O–H groups in total. The van der Waals surface area contributed by atoms with E-state index >= 15 is 0 Å². The highest BCUT2D eigenvalue weighted by atomic mass is 32.2. The van der Waals surface area contributed by atoms with E-state index in [9.17, 15) is 26.8 Å². The summed E-state index contributed by atoms with van der Waals surface area (Å²) in [6.45, 7) is 5.68. The van der Waals surface area contributed by atoms with Crippen molar-refractivity contribution in [2.24, 2.45) is 0 Å². The highest BCUT2D eigenvalue weighted by Crippen LogP contribution is 2.31. The molecule has 13 heteroatoms. The maximum atomic E-state index is 14.1. The summed E-state index contributed by atoms with van der Waals surface area (Å²) < 4.78 is 60.6. The van der Waals surface area contributed by atoms with Crippen molar-refractivity contribution in [3.8, 4) is 10.6 Å². The first kappa shape index (κ1) is 27.6. The highest BCUT2D eigenvalue weighted by Gasteiger charge is 2.35. The maximum absolute atomic E-state index is 14.1. The predicted molar refractivity (Wildman–Crippen MR) is 138 cm³/mol. The van der Waals surface area contributed by atoms with E-state index < -0.39 is 44.3 Å². The molecule has 9 nitrogen and oxygen atoms in total. The zero-order chi connectivity index (χ0) is 27.7. The van der Waals surface area contributed by atoms with E-state index in [1.807, 2.05) is 0 Å². The second-order valence-electron chi connectivity index (χ2n) is 9.67. The Kier molecular flexibility index (Phi) is 7.79. The van der Waals surface area contributed by atoms with Crippen LogP contribution in [0, 0.1) is 11.6 Å². The predicted octanol–water partition coefficient (Wildman–Crippen LogP) is 4.91. The van der Waals surface area contributed by atoms with Gasteiger partial charge in [0.15, 0.2) is 9.84 Å². The first-order valence-electron chi connectivity index (χ1n) is 11.7. The van der Waals surface area contributed by atoms with Gasteiger partial charge < -0.3 is 15.0 Å². The van der Waals surface area contributed by atoms with E-state index in [0.717, 1.165) is 23.5 Å². The average molecular weight is 565 g/mol. The number of nitrogens with zero attached hydrogens (tertiary/aromatic N) is 3. The minimum Gasteiger partial charge on any atom is -0.444 e. The first-order valence-corrected chi connectivity index (χ1v) is 14.2. The van der Waals surface area contributed by atoms with Crippen LogP contribution in [-0.4, -0.2) is 59.2 Å². The summed E-state index contributed by atoms with van der Waals surface area (Å²) in [5.74, 6) is -2.39. The zero-order valence-corrected chi connectivity index (χ0v) is 22.5. The highest BCUT2D eigenvalue weighted by molar-refractivity contribution is 7.92. The summed E-state index contributed by atoms with van der Waals surface area (Å²) in [6, 6.07) is 4.70. The Balaban J connectivity index is 1.49. The van der Waals surface area contributed by atoms with Crippen LogP contribution in [-0.2, 0) is 14.6 Å². The van der Waals surface area contributed by atoms with Gasteiger partial charge in [0, 0.05) is 24.7 Å². The Bertz CT molecular complexity index is 1440. The van der Waals surface area contributed by atoms with Crippen LogP contribution in [0.25, 0.3) is 10.6 Å². The van der Waals surface area contributed by atoms with Gasteiger partial charge in [0.2, 0.25) is 0 Å². The molecular formula is C25H26F2N4O5S2. The van der Waals surface area contributed by atoms with E-state index in [4.69, 9.17) is 4.74 Å². The summed E-state index contributed by atoms with van der Waals surface area (Å²) in [5.41, 5.74) is -1.19. The first-order chi connectivity index (χ1) is 17.9. The number of carbonyl (C=O) groups is 2. The lowest BCUT2D eigenvalue weighted by Crippen LogP contribution is -2.44. The summed E-state index contributed by atoms with van der Waals surface area (Å²) >= 11 is 0.880. The average Bonchev–Trinajstić information content (AvgIpc) is 3.33. The standard InChI is InChI=1S/C25H26F2N4O5S2/c1-25(2,3)36-24(33)31-11-8-15(9-12-31)38(34,35)20-7-10-28-13-18(20)29-22(32)19-14-37-23(30-19)21-16(26)5-4-6-17(21)27/h4-7,10,13-15H,8-9,11-12H2,1-3H3,(H,29,32). The number of halogens is 2. The molecule has 0 spiro atoms. The third kappa shape index (κ3) is 5.99. The molecular weight excluding hydrogens is 538 g/mol. The molecule has 2 aromatic heterocycles. The lowest BCUT2D eigenvalue weighted by Gasteiger charge is -2.33. The molecule has 1 aliphatic rings. The Hall–Kier alpha value is -3.45. The van der Waals surface area contributed by atoms with Gasteiger partial charge in [-0.15, -0.1) is 11.3 Å². The number of rotatable bonds is 5. The molecule has 3 heterocycles. The molecule has 4 rings (SSSR count). The number of nitrogens with one attached hydrogen (secondary N) is 1. The SMILES string of the molecule is CC(C)(C)OC(=O)N1CCC(S(=O)(=O)c2ccncc2NC(=O)c2csc(-c3c(F)cccc3F)n2)CC1. The van der Waals surface area contributed by atoms with Crippen molar-refractivity contribution in [2.75, 3.05) is 18.4 Å². The molecule has 2 amide bonds. The molecule has 0 aliphatic carbocycles. The normalized spacial score (nSPS) is 14.8. The van der Waals surface area contributed by atoms with Gasteiger partial charge in [-0.1, -0.05) is 6.07 Å². The number of hydrogen-bond donors (Lipinski definition) is 1. The number of pyridine rings is 1. The fraction of sp³-hybridized carbons (Fsp3) is 0.360. The van der Waals surface area contributed by atoms with Gasteiger partial charge in [0.1, 0.15) is 27.9 Å². The lowest BCUT2D eigenvalue weighted by molar-refractivity contribution is 0.0217. The fourth-order valence-corrected chi connectivity index (χ4v) is 6.66. The van der Waals surface area contributed by atoms with E-state index in [1.165, 1.54) is 34.8 Å². The maximum Gasteiger partial charge on any atom is 0.410 e. The number of benzene rings is 1. The molecule has 3 aromatic rings. The van der Waals surface area contributed by atoms with Crippen LogP contribution in [0.5, 0.6) is 0 Å². The molecule has 0 unspecified atom stereocenters. The molecule has 1 fully saturated rings. The van der Waals surface area contributed by atoms with Crippen LogP contribution in [0.4, 0.5) is 19.3 Å². The number of aromatic nitrogens is 2. The van der Waals surface area contributed by atoms with Gasteiger partial charge in [-0.05, 0) is 51.8 Å². The Morgan fingerprint density at radius 1 is 1.13 bits per heavy atom. The third-order valence-corrected chi connectivity index (χ3v) is 8.96. The van der Waals surface area contributed by atoms with E-state index in [2.05, 4.69) is 15.3 Å². The van der Waals surface area contributed by atoms with Crippen LogP contribution in [0.15, 0.2) is 46.9 Å². The summed E-state index contributed by atoms with van der Waals surface area (Å²) in [6.07, 6.45) is 2.41. The Morgan fingerprint density at radius 2 is 1.79 bits per heavy atom. The summed E-state index contributed by atoms with van der Waals surface area (Å²) in [5, 5.41) is 3.03. The lowest BCUT2D eigenvalue weighted by atomic mass is 10.1. The molecule has 0 atom stereocenters. The van der Waals surface area contributed by atoms with Crippen LogP contribution in [0.1, 0.15) is 44.1 Å². The molecule has 1 saturated heterocycles. The molecule has 0 bridgehead atoms. The number of amides is 2. The zero-order valence-electron chi connectivity index (χ0n) is 20.9. The van der Waals surface area contributed by atoms with Crippen molar-refractivity contribution in [3.63, 3.8) is 0 Å². The number of thiazole rings is 1. The molecule has 202 valence electrons. The van der Waals surface area contributed by atoms with Gasteiger partial charge in [-0.2, -0.15) is 0 Å². The second kappa shape index (κ2) is 10.7. The number of anilines is 1. The van der Waals surface area contributed by atoms with Crippen molar-refractivity contribution in [2.45, 2.75) is 49.4 Å². The number of hydrogen-bond acceptors (Lipinski definition) is 8. The number of carbonyl (C=O) groups excluding carboxylic acids is 2. The van der Waals surface area contributed by atoms with Crippen molar-refractivity contribution in [1.29, 1.82) is 0 Å². The topological polar surface area (TPSA) is 119 Å². The molecule has 1 aliphatic heterocycles. The van der Waals surface area contributed by atoms with Crippen molar-refractivity contribution < 1.29 is 31.5 Å². The van der Waals surface area contributed by atoms with E-state index in [0.29, 0.717) is 0 Å². The second-order valence-corrected chi connectivity index (χ2v) is 12.7. The van der Waals surface area contributed by atoms with Crippen LogP contribution >= 0.6 is 11.3 Å². The van der Waals surface area contributed by atoms with Gasteiger partial charge in [-0.3, -0.25) is 9.78 Å². The van der Waals surface area contributed by atoms with E-state index in [1.54, 1.807) is 20.8 Å². The molecule has 0 saturated carbocycles. The van der Waals surface area contributed by atoms with Gasteiger partial charge in [-0.25, -0.2) is 27.0 Å². The molecule has 1 aromatic carbocycles. The van der Waals surface area contributed by atoms with Crippen LogP contribution in [0.3, 0.4) is 0 Å². The fourth-order valence-electron chi connectivity index (χ4n) is 3.96. The van der Waals surface area contributed by atoms with Crippen LogP contribution in [0.2, 0.25) is 0 Å². The number of sulfone groups is 1.